The number of rotatable bonds is 10. The van der Waals surface area contributed by atoms with Gasteiger partial charge in [0.1, 0.15) is 0 Å². The number of guanidine groups is 1. The first-order valence-electron chi connectivity index (χ1n) is 11.6. The average molecular weight is 415 g/mol. The van der Waals surface area contributed by atoms with E-state index in [1.54, 1.807) is 7.05 Å². The second-order valence-corrected chi connectivity index (χ2v) is 8.37. The van der Waals surface area contributed by atoms with Crippen molar-refractivity contribution in [3.63, 3.8) is 0 Å². The van der Waals surface area contributed by atoms with Crippen LogP contribution in [0.1, 0.15) is 63.0 Å². The van der Waals surface area contributed by atoms with Crippen molar-refractivity contribution in [2.75, 3.05) is 26.7 Å². The van der Waals surface area contributed by atoms with Crippen molar-refractivity contribution in [2.45, 2.75) is 71.1 Å². The van der Waals surface area contributed by atoms with Crippen LogP contribution >= 0.6 is 0 Å². The molecule has 3 rings (SSSR count). The summed E-state index contributed by atoms with van der Waals surface area (Å²) in [5.41, 5.74) is 2.55. The number of hydrogen-bond acceptors (Lipinski definition) is 3. The van der Waals surface area contributed by atoms with Gasteiger partial charge in [-0.25, -0.2) is 0 Å². The molecule has 1 heterocycles. The van der Waals surface area contributed by atoms with E-state index in [9.17, 15) is 4.79 Å². The topological polar surface area (TPSA) is 66.0 Å². The quantitative estimate of drug-likeness (QED) is 0.350. The fraction of sp³-hybridized carbons (Fsp3) is 0.667. The predicted octanol–water partition coefficient (Wildman–Crippen LogP) is 3.46. The van der Waals surface area contributed by atoms with Crippen LogP contribution in [0.4, 0.5) is 0 Å². The molecule has 1 unspecified atom stereocenters. The van der Waals surface area contributed by atoms with Crippen LogP contribution in [-0.4, -0.2) is 49.6 Å². The number of hydrogen-bond donors (Lipinski definition) is 2. The van der Waals surface area contributed by atoms with E-state index < -0.39 is 0 Å². The highest BCUT2D eigenvalue weighted by Crippen LogP contribution is 2.30. The minimum Gasteiger partial charge on any atom is -0.378 e. The largest absolute Gasteiger partial charge is 0.378 e. The zero-order valence-corrected chi connectivity index (χ0v) is 18.7. The Bertz CT molecular complexity index is 675. The first-order valence-corrected chi connectivity index (χ1v) is 11.6. The van der Waals surface area contributed by atoms with Crippen LogP contribution in [0.25, 0.3) is 0 Å². The number of fused-ring (bicyclic) bond motifs is 1. The summed E-state index contributed by atoms with van der Waals surface area (Å²) < 4.78 is 6.00. The van der Waals surface area contributed by atoms with Crippen LogP contribution in [0.3, 0.4) is 0 Å². The Morgan fingerprint density at radius 1 is 1.17 bits per heavy atom. The van der Waals surface area contributed by atoms with Gasteiger partial charge in [-0.2, -0.15) is 0 Å². The van der Waals surface area contributed by atoms with Gasteiger partial charge in [-0.15, -0.1) is 0 Å². The van der Waals surface area contributed by atoms with Gasteiger partial charge in [0.2, 0.25) is 5.91 Å². The first kappa shape index (κ1) is 22.6. The van der Waals surface area contributed by atoms with Crippen molar-refractivity contribution < 1.29 is 9.53 Å². The number of ether oxygens (including phenoxy) is 1. The molecule has 0 saturated heterocycles. The van der Waals surface area contributed by atoms with E-state index in [1.165, 1.54) is 36.8 Å². The summed E-state index contributed by atoms with van der Waals surface area (Å²) in [6.45, 7) is 5.94. The Balaban J connectivity index is 1.30. The lowest BCUT2D eigenvalue weighted by Gasteiger charge is -2.24. The average Bonchev–Trinajstić information content (AvgIpc) is 3.44. The van der Waals surface area contributed by atoms with Gasteiger partial charge in [-0.3, -0.25) is 9.79 Å². The van der Waals surface area contributed by atoms with Crippen molar-refractivity contribution in [3.05, 3.63) is 35.4 Å². The van der Waals surface area contributed by atoms with Gasteiger partial charge in [0.15, 0.2) is 5.96 Å². The molecule has 6 heteroatoms. The molecule has 1 atom stereocenters. The summed E-state index contributed by atoms with van der Waals surface area (Å²) >= 11 is 0. The van der Waals surface area contributed by atoms with Crippen molar-refractivity contribution >= 4 is 11.9 Å². The lowest BCUT2D eigenvalue weighted by molar-refractivity contribution is -0.131. The van der Waals surface area contributed by atoms with Crippen LogP contribution in [0.15, 0.2) is 29.3 Å². The van der Waals surface area contributed by atoms with Crippen molar-refractivity contribution in [3.8, 4) is 0 Å². The van der Waals surface area contributed by atoms with Crippen LogP contribution in [0.2, 0.25) is 0 Å². The summed E-state index contributed by atoms with van der Waals surface area (Å²) in [7, 11) is 1.79. The maximum Gasteiger partial charge on any atom is 0.223 e. The standard InChI is InChI=1S/C24H38N4O2/c1-3-30-22(19-9-4-5-10-19)14-16-27-24(25-2)26-15-8-13-23(29)28-17-20-11-6-7-12-21(20)18-28/h6-7,11-12,19,22H,3-5,8-10,13-18H2,1-2H3,(H2,25,26,27). The second kappa shape index (κ2) is 11.9. The second-order valence-electron chi connectivity index (χ2n) is 8.37. The molecule has 2 N–H and O–H groups in total. The first-order chi connectivity index (χ1) is 14.7. The molecule has 1 aliphatic carbocycles. The lowest BCUT2D eigenvalue weighted by atomic mass is 9.98. The highest BCUT2D eigenvalue weighted by Gasteiger charge is 2.25. The van der Waals surface area contributed by atoms with Crippen LogP contribution in [0.5, 0.6) is 0 Å². The molecular weight excluding hydrogens is 376 g/mol. The molecule has 0 aromatic heterocycles. The molecule has 0 radical (unpaired) electrons. The molecule has 1 fully saturated rings. The molecule has 2 aliphatic rings. The Kier molecular flexibility index (Phi) is 9.00. The Morgan fingerprint density at radius 2 is 1.83 bits per heavy atom. The lowest BCUT2D eigenvalue weighted by Crippen LogP contribution is -2.40. The molecule has 1 aromatic rings. The number of nitrogens with one attached hydrogen (secondary N) is 2. The van der Waals surface area contributed by atoms with Gasteiger partial charge >= 0.3 is 0 Å². The molecule has 1 aromatic carbocycles. The third kappa shape index (κ3) is 6.46. The van der Waals surface area contributed by atoms with Crippen molar-refractivity contribution in [1.82, 2.24) is 15.5 Å². The summed E-state index contributed by atoms with van der Waals surface area (Å²) in [5.74, 6) is 1.74. The zero-order valence-electron chi connectivity index (χ0n) is 18.7. The van der Waals surface area contributed by atoms with E-state index in [0.29, 0.717) is 18.4 Å². The monoisotopic (exact) mass is 414 g/mol. The fourth-order valence-electron chi connectivity index (χ4n) is 4.67. The Labute approximate surface area is 181 Å². The van der Waals surface area contributed by atoms with Crippen LogP contribution in [-0.2, 0) is 22.6 Å². The molecule has 0 spiro atoms. The van der Waals surface area contributed by atoms with Gasteiger partial charge in [0.05, 0.1) is 6.10 Å². The van der Waals surface area contributed by atoms with E-state index in [1.807, 2.05) is 17.0 Å². The van der Waals surface area contributed by atoms with E-state index in [4.69, 9.17) is 4.74 Å². The smallest absolute Gasteiger partial charge is 0.223 e. The van der Waals surface area contributed by atoms with Gasteiger partial charge < -0.3 is 20.3 Å². The summed E-state index contributed by atoms with van der Waals surface area (Å²) in [5, 5.41) is 6.74. The molecule has 0 bridgehead atoms. The minimum atomic E-state index is 0.229. The Hall–Kier alpha value is -2.08. The highest BCUT2D eigenvalue weighted by molar-refractivity contribution is 5.80. The zero-order chi connectivity index (χ0) is 21.2. The molecule has 1 aliphatic heterocycles. The normalized spacial score (nSPS) is 17.8. The number of aliphatic imine (C=N–C) groups is 1. The maximum atomic E-state index is 12.5. The molecule has 30 heavy (non-hydrogen) atoms. The molecule has 166 valence electrons. The van der Waals surface area contributed by atoms with Crippen molar-refractivity contribution in [1.29, 1.82) is 0 Å². The van der Waals surface area contributed by atoms with E-state index >= 15 is 0 Å². The van der Waals surface area contributed by atoms with Crippen LogP contribution < -0.4 is 10.6 Å². The summed E-state index contributed by atoms with van der Waals surface area (Å²) in [6.07, 6.45) is 8.00. The number of carbonyl (C=O) groups excluding carboxylic acids is 1. The number of benzene rings is 1. The van der Waals surface area contributed by atoms with Gasteiger partial charge in [0, 0.05) is 46.3 Å². The number of nitrogens with zero attached hydrogens (tertiary/aromatic N) is 2. The maximum absolute atomic E-state index is 12.5. The molecule has 1 saturated carbocycles. The van der Waals surface area contributed by atoms with Gasteiger partial charge in [-0.1, -0.05) is 37.1 Å². The number of amides is 1. The predicted molar refractivity (Wildman–Crippen MR) is 121 cm³/mol. The van der Waals surface area contributed by atoms with Crippen LogP contribution in [0, 0.1) is 5.92 Å². The van der Waals surface area contributed by atoms with E-state index in [2.05, 4.69) is 34.7 Å². The molecule has 1 amide bonds. The van der Waals surface area contributed by atoms with Gasteiger partial charge in [-0.05, 0) is 49.7 Å². The Morgan fingerprint density at radius 3 is 2.47 bits per heavy atom. The van der Waals surface area contributed by atoms with E-state index in [-0.39, 0.29) is 5.91 Å². The summed E-state index contributed by atoms with van der Waals surface area (Å²) in [6, 6.07) is 8.31. The fourth-order valence-corrected chi connectivity index (χ4v) is 4.67. The number of carbonyl (C=O) groups is 1. The molecular formula is C24H38N4O2. The van der Waals surface area contributed by atoms with Gasteiger partial charge in [0.25, 0.3) is 0 Å². The summed E-state index contributed by atoms with van der Waals surface area (Å²) in [4.78, 5) is 18.8. The third-order valence-electron chi connectivity index (χ3n) is 6.30. The minimum absolute atomic E-state index is 0.229. The van der Waals surface area contributed by atoms with Crippen molar-refractivity contribution in [2.24, 2.45) is 10.9 Å². The molecule has 6 nitrogen and oxygen atoms in total. The van der Waals surface area contributed by atoms with E-state index in [0.717, 1.165) is 51.6 Å². The SMILES string of the molecule is CCOC(CCNC(=NC)NCCCC(=O)N1Cc2ccccc2C1)C1CCCC1. The third-order valence-corrected chi connectivity index (χ3v) is 6.30. The highest BCUT2D eigenvalue weighted by atomic mass is 16.5.